The first kappa shape index (κ1) is 15.2. The standard InChI is InChI=1S/C20H18F2N2/c1-19(2)20(21,22)16-9-5-4-8-15(16)18(24-19)14-11-13-7-3-6-10-17(13)23-12-14/h3-9,11-12,17H,10H2,1-2H3. The molecule has 4 rings (SSSR count). The summed E-state index contributed by atoms with van der Waals surface area (Å²) >= 11 is 0. The van der Waals surface area contributed by atoms with E-state index in [9.17, 15) is 8.78 Å². The van der Waals surface area contributed by atoms with Gasteiger partial charge in [0.1, 0.15) is 5.54 Å². The van der Waals surface area contributed by atoms with Crippen molar-refractivity contribution in [3.63, 3.8) is 0 Å². The number of halogens is 2. The summed E-state index contributed by atoms with van der Waals surface area (Å²) in [5.41, 5.74) is 1.52. The molecule has 0 spiro atoms. The minimum Gasteiger partial charge on any atom is -0.284 e. The van der Waals surface area contributed by atoms with Crippen LogP contribution in [-0.4, -0.2) is 23.5 Å². The number of benzene rings is 1. The van der Waals surface area contributed by atoms with E-state index in [1.807, 2.05) is 18.2 Å². The van der Waals surface area contributed by atoms with E-state index >= 15 is 0 Å². The summed E-state index contributed by atoms with van der Waals surface area (Å²) in [5, 5.41) is 0. The molecule has 0 fully saturated rings. The molecule has 2 aliphatic heterocycles. The Hall–Kier alpha value is -2.36. The highest BCUT2D eigenvalue weighted by Gasteiger charge is 2.52. The Morgan fingerprint density at radius 3 is 2.79 bits per heavy atom. The fourth-order valence-corrected chi connectivity index (χ4v) is 3.36. The van der Waals surface area contributed by atoms with Gasteiger partial charge in [0.15, 0.2) is 0 Å². The Morgan fingerprint density at radius 1 is 1.17 bits per heavy atom. The van der Waals surface area contributed by atoms with Gasteiger partial charge in [0.05, 0.1) is 11.8 Å². The number of alkyl halides is 2. The molecule has 0 saturated heterocycles. The average Bonchev–Trinajstić information content (AvgIpc) is 2.58. The molecule has 4 heteroatoms. The maximum absolute atomic E-state index is 14.8. The largest absolute Gasteiger partial charge is 0.297 e. The Kier molecular flexibility index (Phi) is 3.21. The van der Waals surface area contributed by atoms with Gasteiger partial charge in [-0.05, 0) is 31.9 Å². The lowest BCUT2D eigenvalue weighted by Crippen LogP contribution is -2.44. The van der Waals surface area contributed by atoms with Crippen molar-refractivity contribution in [1.82, 2.24) is 0 Å². The van der Waals surface area contributed by atoms with Gasteiger partial charge in [0.25, 0.3) is 5.92 Å². The summed E-state index contributed by atoms with van der Waals surface area (Å²) in [5.74, 6) is -3.01. The summed E-state index contributed by atoms with van der Waals surface area (Å²) in [4.78, 5) is 9.02. The molecule has 0 bridgehead atoms. The van der Waals surface area contributed by atoms with Crippen molar-refractivity contribution in [2.45, 2.75) is 37.8 Å². The van der Waals surface area contributed by atoms with Crippen molar-refractivity contribution in [3.8, 4) is 0 Å². The number of aliphatic imine (C=N–C) groups is 2. The van der Waals surface area contributed by atoms with E-state index in [2.05, 4.69) is 16.1 Å². The third kappa shape index (κ3) is 2.13. The number of fused-ring (bicyclic) bond motifs is 2. The molecule has 1 atom stereocenters. The second-order valence-corrected chi connectivity index (χ2v) is 6.86. The molecule has 2 heterocycles. The second-order valence-electron chi connectivity index (χ2n) is 6.86. The van der Waals surface area contributed by atoms with Crippen molar-refractivity contribution in [2.75, 3.05) is 0 Å². The Bertz CT molecular complexity index is 854. The van der Waals surface area contributed by atoms with Gasteiger partial charge < -0.3 is 0 Å². The molecule has 24 heavy (non-hydrogen) atoms. The lowest BCUT2D eigenvalue weighted by Gasteiger charge is -2.37. The van der Waals surface area contributed by atoms with Crippen LogP contribution in [0.1, 0.15) is 31.4 Å². The Balaban J connectivity index is 1.88. The number of hydrogen-bond acceptors (Lipinski definition) is 2. The highest BCUT2D eigenvalue weighted by atomic mass is 19.3. The van der Waals surface area contributed by atoms with Crippen LogP contribution in [0.5, 0.6) is 0 Å². The van der Waals surface area contributed by atoms with Crippen molar-refractivity contribution in [3.05, 3.63) is 70.8 Å². The lowest BCUT2D eigenvalue weighted by molar-refractivity contribution is -0.0681. The van der Waals surface area contributed by atoms with Crippen LogP contribution in [0.4, 0.5) is 8.78 Å². The van der Waals surface area contributed by atoms with E-state index in [0.717, 1.165) is 17.6 Å². The van der Waals surface area contributed by atoms with Crippen molar-refractivity contribution in [2.24, 2.45) is 9.98 Å². The quantitative estimate of drug-likeness (QED) is 0.720. The summed E-state index contributed by atoms with van der Waals surface area (Å²) < 4.78 is 29.6. The van der Waals surface area contributed by atoms with Crippen LogP contribution in [0, 0.1) is 0 Å². The molecule has 1 aromatic carbocycles. The fourth-order valence-electron chi connectivity index (χ4n) is 3.36. The molecule has 0 N–H and O–H groups in total. The molecule has 2 nitrogen and oxygen atoms in total. The Labute approximate surface area is 140 Å². The molecule has 1 unspecified atom stereocenters. The second kappa shape index (κ2) is 5.07. The zero-order chi connectivity index (χ0) is 16.9. The highest BCUT2D eigenvalue weighted by Crippen LogP contribution is 2.46. The molecular formula is C20H18F2N2. The fraction of sp³-hybridized carbons (Fsp3) is 0.300. The predicted molar refractivity (Wildman–Crippen MR) is 93.2 cm³/mol. The van der Waals surface area contributed by atoms with Crippen LogP contribution in [-0.2, 0) is 5.92 Å². The third-order valence-corrected chi connectivity index (χ3v) is 4.84. The Morgan fingerprint density at radius 2 is 1.96 bits per heavy atom. The normalized spacial score (nSPS) is 26.0. The minimum absolute atomic E-state index is 0.0361. The van der Waals surface area contributed by atoms with E-state index in [4.69, 9.17) is 0 Å². The van der Waals surface area contributed by atoms with Gasteiger partial charge in [-0.25, -0.2) is 0 Å². The zero-order valence-electron chi connectivity index (χ0n) is 13.6. The van der Waals surface area contributed by atoms with Gasteiger partial charge in [-0.1, -0.05) is 42.5 Å². The van der Waals surface area contributed by atoms with Gasteiger partial charge in [-0.2, -0.15) is 8.78 Å². The molecule has 122 valence electrons. The number of allylic oxidation sites excluding steroid dienone is 3. The highest BCUT2D eigenvalue weighted by molar-refractivity contribution is 6.26. The third-order valence-electron chi connectivity index (χ3n) is 4.84. The zero-order valence-corrected chi connectivity index (χ0v) is 13.6. The van der Waals surface area contributed by atoms with Gasteiger partial charge >= 0.3 is 0 Å². The maximum atomic E-state index is 14.8. The smallest absolute Gasteiger partial charge is 0.284 e. The van der Waals surface area contributed by atoms with Crippen molar-refractivity contribution >= 4 is 11.9 Å². The number of rotatable bonds is 1. The van der Waals surface area contributed by atoms with Crippen LogP contribution in [0.15, 0.2) is 69.7 Å². The first-order valence-corrected chi connectivity index (χ1v) is 8.10. The van der Waals surface area contributed by atoms with Gasteiger partial charge in [0, 0.05) is 22.9 Å². The molecule has 0 aromatic heterocycles. The summed E-state index contributed by atoms with van der Waals surface area (Å²) in [7, 11) is 0. The van der Waals surface area contributed by atoms with E-state index in [-0.39, 0.29) is 11.6 Å². The number of dihydropyridines is 1. The molecule has 1 aromatic rings. The van der Waals surface area contributed by atoms with E-state index in [1.165, 1.54) is 19.9 Å². The molecule has 0 radical (unpaired) electrons. The van der Waals surface area contributed by atoms with Crippen molar-refractivity contribution < 1.29 is 8.78 Å². The molecule has 1 aliphatic carbocycles. The molecule has 3 aliphatic rings. The van der Waals surface area contributed by atoms with Gasteiger partial charge in [-0.15, -0.1) is 0 Å². The summed E-state index contributed by atoms with van der Waals surface area (Å²) in [6.45, 7) is 2.96. The van der Waals surface area contributed by atoms with Crippen LogP contribution in [0.2, 0.25) is 0 Å². The van der Waals surface area contributed by atoms with E-state index in [0.29, 0.717) is 11.3 Å². The van der Waals surface area contributed by atoms with Crippen LogP contribution < -0.4 is 0 Å². The van der Waals surface area contributed by atoms with Crippen LogP contribution in [0.3, 0.4) is 0 Å². The van der Waals surface area contributed by atoms with E-state index < -0.39 is 11.5 Å². The molecular weight excluding hydrogens is 306 g/mol. The number of nitrogens with zero attached hydrogens (tertiary/aromatic N) is 2. The van der Waals surface area contributed by atoms with Gasteiger partial charge in [-0.3, -0.25) is 9.98 Å². The topological polar surface area (TPSA) is 24.7 Å². The predicted octanol–water partition coefficient (Wildman–Crippen LogP) is 4.63. The first-order chi connectivity index (χ1) is 11.4. The SMILES string of the molecule is CC1(C)N=C(C2=CC3=CC=CCC3N=C2)c2ccccc2C1(F)F. The lowest BCUT2D eigenvalue weighted by atomic mass is 9.80. The van der Waals surface area contributed by atoms with Gasteiger partial charge in [0.2, 0.25) is 0 Å². The monoisotopic (exact) mass is 324 g/mol. The van der Waals surface area contributed by atoms with Crippen LogP contribution in [0.25, 0.3) is 0 Å². The molecule has 0 saturated carbocycles. The van der Waals surface area contributed by atoms with E-state index in [1.54, 1.807) is 24.4 Å². The number of hydrogen-bond donors (Lipinski definition) is 0. The maximum Gasteiger partial charge on any atom is 0.297 e. The summed E-state index contributed by atoms with van der Waals surface area (Å²) in [6, 6.07) is 6.77. The summed E-state index contributed by atoms with van der Waals surface area (Å²) in [6.07, 6.45) is 10.8. The first-order valence-electron chi connectivity index (χ1n) is 8.10. The average molecular weight is 324 g/mol. The van der Waals surface area contributed by atoms with Crippen LogP contribution >= 0.6 is 0 Å². The minimum atomic E-state index is -3.01. The van der Waals surface area contributed by atoms with Crippen molar-refractivity contribution in [1.29, 1.82) is 0 Å². The molecule has 0 amide bonds.